The van der Waals surface area contributed by atoms with E-state index >= 15 is 0 Å². The molecular formula is C28H28N4O2S. The van der Waals surface area contributed by atoms with Crippen LogP contribution in [-0.2, 0) is 4.79 Å². The molecule has 178 valence electrons. The van der Waals surface area contributed by atoms with E-state index in [1.165, 1.54) is 17.4 Å². The molecule has 0 aliphatic carbocycles. The second-order valence-electron chi connectivity index (χ2n) is 8.81. The number of fused-ring (bicyclic) bond motifs is 1. The second kappa shape index (κ2) is 9.96. The number of hydrogen-bond donors (Lipinski definition) is 0. The van der Waals surface area contributed by atoms with Gasteiger partial charge in [0.05, 0.1) is 22.3 Å². The van der Waals surface area contributed by atoms with Gasteiger partial charge in [-0.3, -0.25) is 14.2 Å². The molecule has 5 rings (SSSR count). The number of aromatic nitrogens is 2. The standard InChI is InChI=1S/C28H28N4O2S/c1-20-12-13-23(18-21(20)2)32-27(34)24-10-6-7-11-25(24)29-28(32)35-19-26(33)31-16-14-30(15-17-31)22-8-4-3-5-9-22/h3-13,18H,14-17,19H2,1-2H3. The molecule has 1 fully saturated rings. The van der Waals surface area contributed by atoms with Crippen LogP contribution in [0.3, 0.4) is 0 Å². The van der Waals surface area contributed by atoms with Gasteiger partial charge in [0.1, 0.15) is 0 Å². The molecule has 0 bridgehead atoms. The first-order valence-corrected chi connectivity index (χ1v) is 12.8. The molecule has 1 amide bonds. The molecule has 0 radical (unpaired) electrons. The number of aryl methyl sites for hydroxylation is 2. The SMILES string of the molecule is Cc1ccc(-n2c(SCC(=O)N3CCN(c4ccccc4)CC3)nc3ccccc3c2=O)cc1C. The van der Waals surface area contributed by atoms with Crippen molar-refractivity contribution in [2.45, 2.75) is 19.0 Å². The molecule has 0 saturated carbocycles. The van der Waals surface area contributed by atoms with Crippen LogP contribution in [-0.4, -0.2) is 52.3 Å². The van der Waals surface area contributed by atoms with Crippen molar-refractivity contribution in [1.82, 2.24) is 14.5 Å². The minimum absolute atomic E-state index is 0.0664. The lowest BCUT2D eigenvalue weighted by Gasteiger charge is -2.36. The molecule has 0 spiro atoms. The summed E-state index contributed by atoms with van der Waals surface area (Å²) in [6.45, 7) is 7.06. The Bertz CT molecular complexity index is 1430. The van der Waals surface area contributed by atoms with Crippen LogP contribution in [0.15, 0.2) is 82.7 Å². The molecule has 7 heteroatoms. The Morgan fingerprint density at radius 1 is 0.857 bits per heavy atom. The number of amides is 1. The van der Waals surface area contributed by atoms with E-state index in [4.69, 9.17) is 4.98 Å². The lowest BCUT2D eigenvalue weighted by atomic mass is 10.1. The molecule has 1 aliphatic heterocycles. The molecule has 3 aromatic carbocycles. The number of nitrogens with zero attached hydrogens (tertiary/aromatic N) is 4. The van der Waals surface area contributed by atoms with Gasteiger partial charge in [0.15, 0.2) is 5.16 Å². The zero-order valence-electron chi connectivity index (χ0n) is 20.0. The highest BCUT2D eigenvalue weighted by molar-refractivity contribution is 7.99. The zero-order valence-corrected chi connectivity index (χ0v) is 20.8. The maximum absolute atomic E-state index is 13.5. The molecule has 4 aromatic rings. The van der Waals surface area contributed by atoms with Gasteiger partial charge in [-0.2, -0.15) is 0 Å². The second-order valence-corrected chi connectivity index (χ2v) is 9.76. The van der Waals surface area contributed by atoms with Crippen molar-refractivity contribution in [1.29, 1.82) is 0 Å². The molecule has 6 nitrogen and oxygen atoms in total. The van der Waals surface area contributed by atoms with Crippen LogP contribution in [0.1, 0.15) is 11.1 Å². The number of benzene rings is 3. The topological polar surface area (TPSA) is 58.4 Å². The van der Waals surface area contributed by atoms with Crippen molar-refractivity contribution in [2.75, 3.05) is 36.8 Å². The van der Waals surface area contributed by atoms with Gasteiger partial charge in [0.25, 0.3) is 5.56 Å². The number of rotatable bonds is 5. The van der Waals surface area contributed by atoms with Crippen LogP contribution in [0.2, 0.25) is 0 Å². The smallest absolute Gasteiger partial charge is 0.266 e. The Morgan fingerprint density at radius 3 is 2.31 bits per heavy atom. The van der Waals surface area contributed by atoms with Crippen molar-refractivity contribution < 1.29 is 4.79 Å². The zero-order chi connectivity index (χ0) is 24.4. The predicted octanol–water partition coefficient (Wildman–Crippen LogP) is 4.44. The summed E-state index contributed by atoms with van der Waals surface area (Å²) in [5, 5.41) is 1.10. The van der Waals surface area contributed by atoms with E-state index in [9.17, 15) is 9.59 Å². The Balaban J connectivity index is 1.36. The van der Waals surface area contributed by atoms with E-state index in [-0.39, 0.29) is 17.2 Å². The van der Waals surface area contributed by atoms with E-state index in [1.807, 2.05) is 73.3 Å². The van der Waals surface area contributed by atoms with Gasteiger partial charge in [0, 0.05) is 31.9 Å². The summed E-state index contributed by atoms with van der Waals surface area (Å²) < 4.78 is 1.64. The van der Waals surface area contributed by atoms with Gasteiger partial charge in [-0.15, -0.1) is 0 Å². The molecule has 1 aliphatic rings. The average molecular weight is 485 g/mol. The van der Waals surface area contributed by atoms with Crippen LogP contribution in [0.5, 0.6) is 0 Å². The third-order valence-corrected chi connectivity index (χ3v) is 7.50. The molecule has 0 atom stereocenters. The Kier molecular flexibility index (Phi) is 6.59. The summed E-state index contributed by atoms with van der Waals surface area (Å²) in [6.07, 6.45) is 0. The molecule has 0 N–H and O–H groups in total. The van der Waals surface area contributed by atoms with Crippen LogP contribution in [0.25, 0.3) is 16.6 Å². The Labute approximate surface area is 209 Å². The van der Waals surface area contributed by atoms with E-state index in [0.29, 0.717) is 29.1 Å². The number of carbonyl (C=O) groups is 1. The minimum Gasteiger partial charge on any atom is -0.368 e. The van der Waals surface area contributed by atoms with E-state index in [0.717, 1.165) is 29.9 Å². The quantitative estimate of drug-likeness (QED) is 0.310. The summed E-state index contributed by atoms with van der Waals surface area (Å²) in [6, 6.07) is 23.6. The highest BCUT2D eigenvalue weighted by Crippen LogP contribution is 2.24. The van der Waals surface area contributed by atoms with Gasteiger partial charge in [-0.05, 0) is 61.4 Å². The van der Waals surface area contributed by atoms with Gasteiger partial charge < -0.3 is 9.80 Å². The number of anilines is 1. The van der Waals surface area contributed by atoms with E-state index < -0.39 is 0 Å². The summed E-state index contributed by atoms with van der Waals surface area (Å²) in [5.74, 6) is 0.304. The molecule has 1 aromatic heterocycles. The number of piperazine rings is 1. The lowest BCUT2D eigenvalue weighted by Crippen LogP contribution is -2.49. The van der Waals surface area contributed by atoms with Crippen LogP contribution in [0.4, 0.5) is 5.69 Å². The molecule has 0 unspecified atom stereocenters. The number of hydrogen-bond acceptors (Lipinski definition) is 5. The maximum atomic E-state index is 13.5. The maximum Gasteiger partial charge on any atom is 0.266 e. The summed E-state index contributed by atoms with van der Waals surface area (Å²) in [7, 11) is 0. The Hall–Kier alpha value is -3.58. The fourth-order valence-electron chi connectivity index (χ4n) is 4.37. The lowest BCUT2D eigenvalue weighted by molar-refractivity contribution is -0.128. The minimum atomic E-state index is -0.120. The van der Waals surface area contributed by atoms with Gasteiger partial charge >= 0.3 is 0 Å². The first-order chi connectivity index (χ1) is 17.0. The van der Waals surface area contributed by atoms with Gasteiger partial charge in [0.2, 0.25) is 5.91 Å². The van der Waals surface area contributed by atoms with E-state index in [2.05, 4.69) is 17.0 Å². The molecule has 35 heavy (non-hydrogen) atoms. The monoisotopic (exact) mass is 484 g/mol. The molecule has 2 heterocycles. The van der Waals surface area contributed by atoms with E-state index in [1.54, 1.807) is 10.6 Å². The third-order valence-electron chi connectivity index (χ3n) is 6.57. The Morgan fingerprint density at radius 2 is 1.57 bits per heavy atom. The van der Waals surface area contributed by atoms with Gasteiger partial charge in [-0.1, -0.05) is 48.2 Å². The van der Waals surface area contributed by atoms with Crippen LogP contribution < -0.4 is 10.5 Å². The van der Waals surface area contributed by atoms with Crippen LogP contribution in [0, 0.1) is 13.8 Å². The normalized spacial score (nSPS) is 13.9. The number of carbonyl (C=O) groups excluding carboxylic acids is 1. The fraction of sp³-hybridized carbons (Fsp3) is 0.250. The largest absolute Gasteiger partial charge is 0.368 e. The highest BCUT2D eigenvalue weighted by atomic mass is 32.2. The molecule has 1 saturated heterocycles. The number of thioether (sulfide) groups is 1. The predicted molar refractivity (Wildman–Crippen MR) is 143 cm³/mol. The number of para-hydroxylation sites is 2. The first-order valence-electron chi connectivity index (χ1n) is 11.8. The summed E-state index contributed by atoms with van der Waals surface area (Å²) in [5.41, 5.74) is 4.74. The van der Waals surface area contributed by atoms with Crippen molar-refractivity contribution >= 4 is 34.3 Å². The van der Waals surface area contributed by atoms with Gasteiger partial charge in [-0.25, -0.2) is 4.98 Å². The first kappa shape index (κ1) is 23.2. The van der Waals surface area contributed by atoms with Crippen molar-refractivity contribution in [3.8, 4) is 5.69 Å². The summed E-state index contributed by atoms with van der Waals surface area (Å²) in [4.78, 5) is 35.5. The fourth-order valence-corrected chi connectivity index (χ4v) is 5.29. The van der Waals surface area contributed by atoms with Crippen molar-refractivity contribution in [3.63, 3.8) is 0 Å². The third kappa shape index (κ3) is 4.82. The summed E-state index contributed by atoms with van der Waals surface area (Å²) >= 11 is 1.33. The van der Waals surface area contributed by atoms with Crippen molar-refractivity contribution in [3.05, 3.63) is 94.3 Å². The highest BCUT2D eigenvalue weighted by Gasteiger charge is 2.22. The van der Waals surface area contributed by atoms with Crippen molar-refractivity contribution in [2.24, 2.45) is 0 Å². The van der Waals surface area contributed by atoms with Crippen LogP contribution >= 0.6 is 11.8 Å². The molecular weight excluding hydrogens is 456 g/mol. The average Bonchev–Trinajstić information content (AvgIpc) is 2.90.